The molecule has 0 aromatic rings. The lowest BCUT2D eigenvalue weighted by Crippen LogP contribution is -2.35. The number of rotatable bonds is 0. The van der Waals surface area contributed by atoms with E-state index in [1.54, 1.807) is 0 Å². The summed E-state index contributed by atoms with van der Waals surface area (Å²) >= 11 is 0. The van der Waals surface area contributed by atoms with Gasteiger partial charge >= 0.3 is 5.97 Å². The molecule has 0 N–H and O–H groups in total. The molecular formula is C10H14O2. The first-order valence-electron chi connectivity index (χ1n) is 4.85. The van der Waals surface area contributed by atoms with Crippen molar-refractivity contribution in [2.24, 2.45) is 23.2 Å². The van der Waals surface area contributed by atoms with Crippen LogP contribution in [0.4, 0.5) is 0 Å². The van der Waals surface area contributed by atoms with Gasteiger partial charge in [0.1, 0.15) is 6.10 Å². The van der Waals surface area contributed by atoms with Crippen LogP contribution in [0.25, 0.3) is 0 Å². The molecule has 3 aliphatic rings. The maximum absolute atomic E-state index is 11.6. The summed E-state index contributed by atoms with van der Waals surface area (Å²) in [5.41, 5.74) is -0.117. The first-order chi connectivity index (χ1) is 5.64. The van der Waals surface area contributed by atoms with Crippen LogP contribution in [0.1, 0.15) is 26.7 Å². The quantitative estimate of drug-likeness (QED) is 0.511. The predicted molar refractivity (Wildman–Crippen MR) is 43.4 cm³/mol. The highest BCUT2D eigenvalue weighted by Gasteiger charge is 2.67. The number of fused-ring (bicyclic) bond motifs is 1. The summed E-state index contributed by atoms with van der Waals surface area (Å²) in [5, 5.41) is 0. The lowest BCUT2D eigenvalue weighted by atomic mass is 9.69. The zero-order valence-corrected chi connectivity index (χ0v) is 7.54. The second-order valence-corrected chi connectivity index (χ2v) is 4.85. The molecular weight excluding hydrogens is 152 g/mol. The Hall–Kier alpha value is -0.530. The zero-order chi connectivity index (χ0) is 8.51. The molecule has 0 amide bonds. The van der Waals surface area contributed by atoms with E-state index in [9.17, 15) is 4.79 Å². The van der Waals surface area contributed by atoms with Crippen LogP contribution in [-0.4, -0.2) is 12.1 Å². The van der Waals surface area contributed by atoms with E-state index < -0.39 is 0 Å². The van der Waals surface area contributed by atoms with Crippen molar-refractivity contribution in [3.8, 4) is 0 Å². The van der Waals surface area contributed by atoms with Crippen LogP contribution >= 0.6 is 0 Å². The second-order valence-electron chi connectivity index (χ2n) is 4.85. The van der Waals surface area contributed by atoms with Gasteiger partial charge in [-0.3, -0.25) is 4.79 Å². The van der Waals surface area contributed by atoms with Gasteiger partial charge in [-0.05, 0) is 31.6 Å². The molecule has 2 saturated carbocycles. The highest BCUT2D eigenvalue weighted by Crippen LogP contribution is 2.64. The van der Waals surface area contributed by atoms with Gasteiger partial charge in [-0.1, -0.05) is 6.92 Å². The maximum atomic E-state index is 11.6. The molecule has 2 bridgehead atoms. The average molecular weight is 166 g/mol. The molecule has 3 fully saturated rings. The molecule has 0 aromatic carbocycles. The van der Waals surface area contributed by atoms with Crippen LogP contribution in [0, 0.1) is 23.2 Å². The smallest absolute Gasteiger partial charge is 0.312 e. The van der Waals surface area contributed by atoms with E-state index in [-0.39, 0.29) is 17.5 Å². The van der Waals surface area contributed by atoms with E-state index in [4.69, 9.17) is 4.74 Å². The van der Waals surface area contributed by atoms with Gasteiger partial charge in [0.2, 0.25) is 0 Å². The van der Waals surface area contributed by atoms with Crippen molar-refractivity contribution in [1.29, 1.82) is 0 Å². The summed E-state index contributed by atoms with van der Waals surface area (Å²) < 4.78 is 5.37. The minimum absolute atomic E-state index is 0.0741. The first kappa shape index (κ1) is 6.93. The van der Waals surface area contributed by atoms with Gasteiger partial charge < -0.3 is 4.74 Å². The SMILES string of the molecule is C[C@H]1[C@@H]2C[C@H]3OC(=O)[C@@]1(C)[C@H]3C2. The van der Waals surface area contributed by atoms with Crippen LogP contribution in [-0.2, 0) is 9.53 Å². The summed E-state index contributed by atoms with van der Waals surface area (Å²) in [4.78, 5) is 11.6. The molecule has 2 nitrogen and oxygen atoms in total. The normalized spacial score (nSPS) is 61.0. The third-order valence-electron chi connectivity index (χ3n) is 4.66. The van der Waals surface area contributed by atoms with Crippen LogP contribution in [0.15, 0.2) is 0 Å². The Morgan fingerprint density at radius 3 is 2.83 bits per heavy atom. The standard InChI is InChI=1S/C10H14O2/c1-5-6-3-7-8(4-6)12-9(11)10(5,7)2/h5-8H,3-4H2,1-2H3/t5-,6-,7-,8+,10+/m0/s1. The molecule has 12 heavy (non-hydrogen) atoms. The van der Waals surface area contributed by atoms with Crippen molar-refractivity contribution in [1.82, 2.24) is 0 Å². The second kappa shape index (κ2) is 1.70. The molecule has 0 aromatic heterocycles. The van der Waals surface area contributed by atoms with E-state index in [2.05, 4.69) is 13.8 Å². The number of hydrogen-bond donors (Lipinski definition) is 0. The molecule has 2 aliphatic carbocycles. The molecule has 1 saturated heterocycles. The van der Waals surface area contributed by atoms with Gasteiger partial charge in [-0.2, -0.15) is 0 Å². The fourth-order valence-corrected chi connectivity index (χ4v) is 3.64. The third-order valence-corrected chi connectivity index (χ3v) is 4.66. The molecule has 66 valence electrons. The molecule has 3 rings (SSSR count). The number of ether oxygens (including phenoxy) is 1. The lowest BCUT2D eigenvalue weighted by molar-refractivity contribution is -0.148. The van der Waals surface area contributed by atoms with E-state index in [0.29, 0.717) is 11.8 Å². The largest absolute Gasteiger partial charge is 0.462 e. The highest BCUT2D eigenvalue weighted by molar-refractivity contribution is 5.81. The summed E-state index contributed by atoms with van der Waals surface area (Å²) in [6.45, 7) is 4.32. The van der Waals surface area contributed by atoms with Gasteiger partial charge in [0, 0.05) is 5.92 Å². The van der Waals surface area contributed by atoms with Gasteiger partial charge in [-0.25, -0.2) is 0 Å². The van der Waals surface area contributed by atoms with Gasteiger partial charge in [0.05, 0.1) is 5.41 Å². The van der Waals surface area contributed by atoms with Crippen LogP contribution in [0.5, 0.6) is 0 Å². The summed E-state index contributed by atoms with van der Waals surface area (Å²) in [6.07, 6.45) is 2.64. The van der Waals surface area contributed by atoms with Gasteiger partial charge in [0.15, 0.2) is 0 Å². The predicted octanol–water partition coefficient (Wildman–Crippen LogP) is 1.59. The summed E-state index contributed by atoms with van der Waals surface area (Å²) in [7, 11) is 0. The molecule has 0 radical (unpaired) electrons. The first-order valence-corrected chi connectivity index (χ1v) is 4.85. The Kier molecular flexibility index (Phi) is 0.984. The fraction of sp³-hybridized carbons (Fsp3) is 0.900. The Morgan fingerprint density at radius 2 is 2.25 bits per heavy atom. The topological polar surface area (TPSA) is 26.3 Å². The highest BCUT2D eigenvalue weighted by atomic mass is 16.6. The van der Waals surface area contributed by atoms with Gasteiger partial charge in [0.25, 0.3) is 0 Å². The van der Waals surface area contributed by atoms with Crippen LogP contribution < -0.4 is 0 Å². The maximum Gasteiger partial charge on any atom is 0.312 e. The fourth-order valence-electron chi connectivity index (χ4n) is 3.64. The summed E-state index contributed by atoms with van der Waals surface area (Å²) in [6, 6.07) is 0. The number of carbonyl (C=O) groups excluding carboxylic acids is 1. The van der Waals surface area contributed by atoms with Crippen LogP contribution in [0.3, 0.4) is 0 Å². The van der Waals surface area contributed by atoms with E-state index >= 15 is 0 Å². The number of esters is 1. The summed E-state index contributed by atoms with van der Waals surface area (Å²) in [5.74, 6) is 1.93. The monoisotopic (exact) mass is 166 g/mol. The Bertz CT molecular complexity index is 261. The Labute approximate surface area is 72.3 Å². The van der Waals surface area contributed by atoms with Crippen molar-refractivity contribution in [2.45, 2.75) is 32.8 Å². The molecule has 5 atom stereocenters. The molecule has 0 unspecified atom stereocenters. The van der Waals surface area contributed by atoms with Crippen molar-refractivity contribution in [2.75, 3.05) is 0 Å². The van der Waals surface area contributed by atoms with E-state index in [1.165, 1.54) is 6.42 Å². The van der Waals surface area contributed by atoms with E-state index in [1.807, 2.05) is 0 Å². The van der Waals surface area contributed by atoms with Crippen LogP contribution in [0.2, 0.25) is 0 Å². The molecule has 1 aliphatic heterocycles. The van der Waals surface area contributed by atoms with E-state index in [0.717, 1.165) is 12.3 Å². The van der Waals surface area contributed by atoms with Crippen molar-refractivity contribution in [3.63, 3.8) is 0 Å². The Morgan fingerprint density at radius 1 is 1.50 bits per heavy atom. The molecule has 2 heteroatoms. The minimum atomic E-state index is -0.117. The molecule has 1 heterocycles. The minimum Gasteiger partial charge on any atom is -0.462 e. The van der Waals surface area contributed by atoms with Gasteiger partial charge in [-0.15, -0.1) is 0 Å². The van der Waals surface area contributed by atoms with Crippen molar-refractivity contribution in [3.05, 3.63) is 0 Å². The number of hydrogen-bond acceptors (Lipinski definition) is 2. The van der Waals surface area contributed by atoms with Crippen molar-refractivity contribution >= 4 is 5.97 Å². The van der Waals surface area contributed by atoms with Crippen molar-refractivity contribution < 1.29 is 9.53 Å². The molecule has 0 spiro atoms. The average Bonchev–Trinajstić information content (AvgIpc) is 2.56. The Balaban J connectivity index is 2.14. The third kappa shape index (κ3) is 0.484. The zero-order valence-electron chi connectivity index (χ0n) is 7.54. The number of carbonyl (C=O) groups is 1. The lowest BCUT2D eigenvalue weighted by Gasteiger charge is -2.29.